The van der Waals surface area contributed by atoms with Gasteiger partial charge in [0.15, 0.2) is 0 Å². The fraction of sp³-hybridized carbons (Fsp3) is 0.200. The van der Waals surface area contributed by atoms with Gasteiger partial charge >= 0.3 is 7.60 Å². The molecule has 0 aliphatic carbocycles. The summed E-state index contributed by atoms with van der Waals surface area (Å²) < 4.78 is 10.6. The molecule has 0 aliphatic rings. The summed E-state index contributed by atoms with van der Waals surface area (Å²) in [5.41, 5.74) is -1.33. The first-order valence-electron chi connectivity index (χ1n) is 5.09. The summed E-state index contributed by atoms with van der Waals surface area (Å²) in [5, 5.41) is 9.95. The highest BCUT2D eigenvalue weighted by molar-refractivity contribution is 7.70. The average Bonchev–Trinajstić information content (AvgIpc) is 2.34. The summed E-state index contributed by atoms with van der Waals surface area (Å²) in [4.78, 5) is 39.6. The van der Waals surface area contributed by atoms with Gasteiger partial charge in [-0.2, -0.15) is 5.06 Å². The Hall–Kier alpha value is -1.24. The minimum Gasteiger partial charge on any atom is -0.319 e. The highest BCUT2D eigenvalue weighted by atomic mass is 35.5. The maximum Gasteiger partial charge on any atom is 0.391 e. The van der Waals surface area contributed by atoms with Gasteiger partial charge in [-0.05, 0) is 12.1 Å². The van der Waals surface area contributed by atoms with Crippen molar-refractivity contribution in [3.8, 4) is 0 Å². The Labute approximate surface area is 113 Å². The molecule has 0 aliphatic heterocycles. The molecular weight excluding hydrogens is 297 g/mol. The number of halogens is 1. The SMILES string of the molecule is O=C(CCC(=O)P(=O)(O)O)N(O)c1ccccc1Cl. The average molecular weight is 308 g/mol. The molecule has 0 fully saturated rings. The van der Waals surface area contributed by atoms with Crippen LogP contribution in [0, 0.1) is 0 Å². The van der Waals surface area contributed by atoms with E-state index in [1.54, 1.807) is 12.1 Å². The first-order valence-corrected chi connectivity index (χ1v) is 7.08. The number of para-hydroxylation sites is 1. The largest absolute Gasteiger partial charge is 0.391 e. The van der Waals surface area contributed by atoms with Crippen LogP contribution < -0.4 is 5.06 Å². The van der Waals surface area contributed by atoms with E-state index >= 15 is 0 Å². The summed E-state index contributed by atoms with van der Waals surface area (Å²) in [6, 6.07) is 5.97. The third-order valence-electron chi connectivity index (χ3n) is 2.19. The van der Waals surface area contributed by atoms with Gasteiger partial charge in [-0.1, -0.05) is 23.7 Å². The molecule has 0 heterocycles. The topological polar surface area (TPSA) is 115 Å². The Bertz CT molecular complexity index is 543. The zero-order chi connectivity index (χ0) is 14.6. The molecule has 0 saturated heterocycles. The fourth-order valence-corrected chi connectivity index (χ4v) is 1.84. The second kappa shape index (κ2) is 6.27. The molecule has 1 rings (SSSR count). The van der Waals surface area contributed by atoms with Crippen LogP contribution in [-0.2, 0) is 14.2 Å². The molecule has 0 atom stereocenters. The van der Waals surface area contributed by atoms with E-state index in [0.29, 0.717) is 0 Å². The zero-order valence-corrected chi connectivity index (χ0v) is 11.2. The normalized spacial score (nSPS) is 11.2. The number of rotatable bonds is 5. The van der Waals surface area contributed by atoms with Crippen molar-refractivity contribution in [3.63, 3.8) is 0 Å². The standard InChI is InChI=1S/C10H11ClNO6P/c11-7-3-1-2-4-8(7)12(15)9(13)5-6-10(14)19(16,17)18/h1-4,15H,5-6H2,(H2,16,17,18). The van der Waals surface area contributed by atoms with Gasteiger partial charge in [0.2, 0.25) is 5.52 Å². The predicted molar refractivity (Wildman–Crippen MR) is 67.0 cm³/mol. The van der Waals surface area contributed by atoms with Crippen molar-refractivity contribution < 1.29 is 29.1 Å². The van der Waals surface area contributed by atoms with Gasteiger partial charge in [0, 0.05) is 12.8 Å². The Morgan fingerprint density at radius 3 is 2.32 bits per heavy atom. The molecule has 0 aromatic heterocycles. The number of carbonyl (C=O) groups excluding carboxylic acids is 2. The Balaban J connectivity index is 2.67. The highest BCUT2D eigenvalue weighted by Crippen LogP contribution is 2.37. The second-order valence-corrected chi connectivity index (χ2v) is 5.59. The summed E-state index contributed by atoms with van der Waals surface area (Å²) >= 11 is 5.75. The lowest BCUT2D eigenvalue weighted by atomic mass is 10.2. The van der Waals surface area contributed by atoms with Gasteiger partial charge in [0.1, 0.15) is 0 Å². The quantitative estimate of drug-likeness (QED) is 0.432. The smallest absolute Gasteiger partial charge is 0.319 e. The van der Waals surface area contributed by atoms with E-state index in [0.717, 1.165) is 0 Å². The van der Waals surface area contributed by atoms with E-state index in [1.165, 1.54) is 12.1 Å². The van der Waals surface area contributed by atoms with Gasteiger partial charge in [-0.25, -0.2) is 0 Å². The molecule has 1 amide bonds. The van der Waals surface area contributed by atoms with Gasteiger partial charge in [0.05, 0.1) is 10.7 Å². The number of anilines is 1. The van der Waals surface area contributed by atoms with E-state index in [9.17, 15) is 19.4 Å². The lowest BCUT2D eigenvalue weighted by molar-refractivity contribution is -0.125. The summed E-state index contributed by atoms with van der Waals surface area (Å²) in [6.45, 7) is 0. The minimum atomic E-state index is -4.84. The molecule has 7 nitrogen and oxygen atoms in total. The molecule has 104 valence electrons. The van der Waals surface area contributed by atoms with Crippen LogP contribution in [0.15, 0.2) is 24.3 Å². The first-order chi connectivity index (χ1) is 8.73. The van der Waals surface area contributed by atoms with Crippen molar-refractivity contribution in [2.75, 3.05) is 5.06 Å². The lowest BCUT2D eigenvalue weighted by Crippen LogP contribution is -2.27. The van der Waals surface area contributed by atoms with E-state index in [2.05, 4.69) is 0 Å². The van der Waals surface area contributed by atoms with Crippen molar-refractivity contribution in [1.82, 2.24) is 0 Å². The maximum atomic E-state index is 11.5. The Morgan fingerprint density at radius 2 is 1.79 bits per heavy atom. The summed E-state index contributed by atoms with van der Waals surface area (Å²) in [6.07, 6.45) is -1.20. The second-order valence-electron chi connectivity index (χ2n) is 3.59. The molecule has 0 spiro atoms. The highest BCUT2D eigenvalue weighted by Gasteiger charge is 2.27. The lowest BCUT2D eigenvalue weighted by Gasteiger charge is -2.15. The Morgan fingerprint density at radius 1 is 1.21 bits per heavy atom. The first kappa shape index (κ1) is 15.8. The van der Waals surface area contributed by atoms with Crippen molar-refractivity contribution in [1.29, 1.82) is 0 Å². The predicted octanol–water partition coefficient (Wildman–Crippen LogP) is 1.55. The summed E-state index contributed by atoms with van der Waals surface area (Å²) in [5.74, 6) is -0.894. The van der Waals surface area contributed by atoms with Crippen LogP contribution in [0.4, 0.5) is 5.69 Å². The number of nitrogens with zero attached hydrogens (tertiary/aromatic N) is 1. The van der Waals surface area contributed by atoms with Crippen molar-refractivity contribution in [3.05, 3.63) is 29.3 Å². The zero-order valence-electron chi connectivity index (χ0n) is 9.56. The third kappa shape index (κ3) is 4.41. The van der Waals surface area contributed by atoms with Crippen molar-refractivity contribution in [2.45, 2.75) is 12.8 Å². The number of benzene rings is 1. The van der Waals surface area contributed by atoms with Gasteiger partial charge < -0.3 is 9.79 Å². The summed E-state index contributed by atoms with van der Waals surface area (Å²) in [7, 11) is -4.84. The molecule has 1 aromatic carbocycles. The van der Waals surface area contributed by atoms with Crippen molar-refractivity contribution >= 4 is 36.3 Å². The number of hydroxylamine groups is 1. The third-order valence-corrected chi connectivity index (χ3v) is 3.39. The Kier molecular flexibility index (Phi) is 5.22. The molecule has 0 unspecified atom stereocenters. The maximum absolute atomic E-state index is 11.5. The van der Waals surface area contributed by atoms with E-state index in [-0.39, 0.29) is 15.8 Å². The van der Waals surface area contributed by atoms with Crippen LogP contribution >= 0.6 is 19.2 Å². The number of carbonyl (C=O) groups is 2. The molecule has 3 N–H and O–H groups in total. The molecule has 0 bridgehead atoms. The molecule has 0 saturated carbocycles. The van der Waals surface area contributed by atoms with Crippen LogP contribution in [-0.4, -0.2) is 26.4 Å². The molecule has 19 heavy (non-hydrogen) atoms. The molecular formula is C10H11ClNO6P. The van der Waals surface area contributed by atoms with E-state index in [4.69, 9.17) is 21.4 Å². The molecule has 0 radical (unpaired) electrons. The van der Waals surface area contributed by atoms with Gasteiger partial charge in [-0.3, -0.25) is 19.4 Å². The number of hydrogen-bond donors (Lipinski definition) is 3. The van der Waals surface area contributed by atoms with Gasteiger partial charge in [0.25, 0.3) is 5.91 Å². The van der Waals surface area contributed by atoms with Gasteiger partial charge in [-0.15, -0.1) is 0 Å². The van der Waals surface area contributed by atoms with Crippen LogP contribution in [0.5, 0.6) is 0 Å². The minimum absolute atomic E-state index is 0.0257. The number of hydrogen-bond acceptors (Lipinski definition) is 4. The van der Waals surface area contributed by atoms with Crippen LogP contribution in [0.1, 0.15) is 12.8 Å². The number of amides is 1. The fourth-order valence-electron chi connectivity index (χ4n) is 1.22. The van der Waals surface area contributed by atoms with Crippen LogP contribution in [0.3, 0.4) is 0 Å². The van der Waals surface area contributed by atoms with Crippen molar-refractivity contribution in [2.24, 2.45) is 0 Å². The van der Waals surface area contributed by atoms with E-state index in [1.807, 2.05) is 0 Å². The van der Waals surface area contributed by atoms with Crippen LogP contribution in [0.25, 0.3) is 0 Å². The van der Waals surface area contributed by atoms with E-state index < -0.39 is 31.9 Å². The monoisotopic (exact) mass is 307 g/mol. The molecule has 9 heteroatoms. The van der Waals surface area contributed by atoms with Crippen LogP contribution in [0.2, 0.25) is 5.02 Å². The molecule has 1 aromatic rings.